The fourth-order valence-electron chi connectivity index (χ4n) is 2.04. The van der Waals surface area contributed by atoms with E-state index in [1.807, 2.05) is 5.38 Å². The van der Waals surface area contributed by atoms with Crippen LogP contribution in [0.5, 0.6) is 0 Å². The largest absolute Gasteiger partial charge is 0.354 e. The molecule has 2 heterocycles. The maximum Gasteiger partial charge on any atom is 0.226 e. The molecule has 2 N–H and O–H groups in total. The van der Waals surface area contributed by atoms with Crippen LogP contribution in [0.4, 0.5) is 17.5 Å². The zero-order valence-corrected chi connectivity index (χ0v) is 13.0. The summed E-state index contributed by atoms with van der Waals surface area (Å²) in [6, 6.07) is 10.4. The van der Waals surface area contributed by atoms with Crippen LogP contribution in [0.3, 0.4) is 0 Å². The molecule has 0 bridgehead atoms. The quantitative estimate of drug-likeness (QED) is 0.724. The van der Waals surface area contributed by atoms with Gasteiger partial charge in [0.1, 0.15) is 10.6 Å². The van der Waals surface area contributed by atoms with Crippen molar-refractivity contribution in [3.8, 4) is 0 Å². The van der Waals surface area contributed by atoms with Crippen molar-refractivity contribution in [2.45, 2.75) is 20.3 Å². The third-order valence-electron chi connectivity index (χ3n) is 3.17. The number of thiophene rings is 1. The number of aromatic nitrogens is 2. The second-order valence-electron chi connectivity index (χ2n) is 4.95. The van der Waals surface area contributed by atoms with Gasteiger partial charge in [-0.05, 0) is 36.9 Å². The minimum Gasteiger partial charge on any atom is -0.354 e. The van der Waals surface area contributed by atoms with E-state index in [0.29, 0.717) is 5.95 Å². The number of hydrogen-bond acceptors (Lipinski definition) is 5. The van der Waals surface area contributed by atoms with E-state index in [-0.39, 0.29) is 0 Å². The second kappa shape index (κ2) is 6.10. The first-order chi connectivity index (χ1) is 10.3. The smallest absolute Gasteiger partial charge is 0.226 e. The highest BCUT2D eigenvalue weighted by Crippen LogP contribution is 2.28. The maximum absolute atomic E-state index is 4.60. The molecule has 0 amide bonds. The van der Waals surface area contributed by atoms with Crippen LogP contribution in [-0.4, -0.2) is 16.5 Å². The molecular formula is C16H18N4S. The van der Waals surface area contributed by atoms with Crippen LogP contribution in [0.2, 0.25) is 0 Å². The van der Waals surface area contributed by atoms with Crippen LogP contribution in [0.25, 0.3) is 10.2 Å². The summed E-state index contributed by atoms with van der Waals surface area (Å²) >= 11 is 1.63. The van der Waals surface area contributed by atoms with Crippen molar-refractivity contribution in [1.82, 2.24) is 9.97 Å². The number of nitrogens with one attached hydrogen (secondary N) is 2. The van der Waals surface area contributed by atoms with Crippen molar-refractivity contribution in [2.24, 2.45) is 0 Å². The van der Waals surface area contributed by atoms with Gasteiger partial charge in [-0.15, -0.1) is 11.3 Å². The lowest BCUT2D eigenvalue weighted by Gasteiger charge is -2.10. The van der Waals surface area contributed by atoms with Gasteiger partial charge in [-0.3, -0.25) is 0 Å². The molecule has 108 valence electrons. The van der Waals surface area contributed by atoms with E-state index >= 15 is 0 Å². The zero-order chi connectivity index (χ0) is 14.7. The standard InChI is InChI=1S/C16H18N4S/c1-3-9-17-16-19-14(13-8-10-21-15(13)20-16)18-12-6-4-11(2)5-7-12/h4-8,10H,3,9H2,1-2H3,(H2,17,18,19,20). The Hall–Kier alpha value is -2.14. The summed E-state index contributed by atoms with van der Waals surface area (Å²) in [7, 11) is 0. The lowest BCUT2D eigenvalue weighted by atomic mass is 10.2. The molecule has 1 aromatic carbocycles. The third kappa shape index (κ3) is 3.13. The SMILES string of the molecule is CCCNc1nc(Nc2ccc(C)cc2)c2ccsc2n1. The molecule has 0 radical (unpaired) electrons. The summed E-state index contributed by atoms with van der Waals surface area (Å²) in [5, 5.41) is 9.75. The molecule has 3 rings (SSSR count). The third-order valence-corrected chi connectivity index (χ3v) is 3.98. The highest BCUT2D eigenvalue weighted by Gasteiger charge is 2.09. The predicted octanol–water partition coefficient (Wildman–Crippen LogP) is 4.57. The van der Waals surface area contributed by atoms with E-state index in [9.17, 15) is 0 Å². The molecule has 21 heavy (non-hydrogen) atoms. The molecule has 0 unspecified atom stereocenters. The number of rotatable bonds is 5. The van der Waals surface area contributed by atoms with Crippen LogP contribution in [-0.2, 0) is 0 Å². The van der Waals surface area contributed by atoms with Crippen molar-refractivity contribution in [2.75, 3.05) is 17.2 Å². The van der Waals surface area contributed by atoms with Gasteiger partial charge in [0.2, 0.25) is 5.95 Å². The highest BCUT2D eigenvalue weighted by atomic mass is 32.1. The first kappa shape index (κ1) is 13.8. The van der Waals surface area contributed by atoms with E-state index in [2.05, 4.69) is 64.8 Å². The van der Waals surface area contributed by atoms with E-state index in [1.165, 1.54) is 5.56 Å². The number of fused-ring (bicyclic) bond motifs is 1. The predicted molar refractivity (Wildman–Crippen MR) is 90.7 cm³/mol. The molecule has 0 saturated heterocycles. The Morgan fingerprint density at radius 1 is 1.10 bits per heavy atom. The number of anilines is 3. The van der Waals surface area contributed by atoms with Crippen molar-refractivity contribution in [3.05, 3.63) is 41.3 Å². The summed E-state index contributed by atoms with van der Waals surface area (Å²) in [6.07, 6.45) is 1.05. The molecule has 0 atom stereocenters. The first-order valence-electron chi connectivity index (χ1n) is 7.09. The number of aryl methyl sites for hydroxylation is 1. The maximum atomic E-state index is 4.60. The van der Waals surface area contributed by atoms with Gasteiger partial charge in [0.05, 0.1) is 5.39 Å². The van der Waals surface area contributed by atoms with Gasteiger partial charge in [0, 0.05) is 12.2 Å². The highest BCUT2D eigenvalue weighted by molar-refractivity contribution is 7.16. The zero-order valence-electron chi connectivity index (χ0n) is 12.2. The molecule has 0 aliphatic rings. The number of nitrogens with zero attached hydrogens (tertiary/aromatic N) is 2. The molecule has 5 heteroatoms. The second-order valence-corrected chi connectivity index (χ2v) is 5.85. The van der Waals surface area contributed by atoms with Crippen molar-refractivity contribution < 1.29 is 0 Å². The summed E-state index contributed by atoms with van der Waals surface area (Å²) in [5.74, 6) is 1.53. The summed E-state index contributed by atoms with van der Waals surface area (Å²) in [4.78, 5) is 10.1. The average Bonchev–Trinajstić information content (AvgIpc) is 2.96. The van der Waals surface area contributed by atoms with Crippen LogP contribution in [0.1, 0.15) is 18.9 Å². The molecule has 0 aliphatic carbocycles. The normalized spacial score (nSPS) is 10.8. The Morgan fingerprint density at radius 3 is 2.67 bits per heavy atom. The molecule has 2 aromatic heterocycles. The minimum atomic E-state index is 0.682. The van der Waals surface area contributed by atoms with Gasteiger partial charge >= 0.3 is 0 Å². The van der Waals surface area contributed by atoms with Crippen molar-refractivity contribution >= 4 is 39.0 Å². The first-order valence-corrected chi connectivity index (χ1v) is 7.97. The molecule has 0 aliphatic heterocycles. The molecule has 0 saturated carbocycles. The Labute approximate surface area is 128 Å². The summed E-state index contributed by atoms with van der Waals surface area (Å²) in [5.41, 5.74) is 2.28. The van der Waals surface area contributed by atoms with Crippen LogP contribution >= 0.6 is 11.3 Å². The molecule has 0 fully saturated rings. The van der Waals surface area contributed by atoms with Gasteiger partial charge in [-0.25, -0.2) is 4.98 Å². The van der Waals surface area contributed by atoms with Crippen LogP contribution in [0, 0.1) is 6.92 Å². The number of benzene rings is 1. The number of hydrogen-bond donors (Lipinski definition) is 2. The summed E-state index contributed by atoms with van der Waals surface area (Å²) < 4.78 is 0. The Balaban J connectivity index is 1.95. The molecule has 0 spiro atoms. The molecular weight excluding hydrogens is 280 g/mol. The topological polar surface area (TPSA) is 49.8 Å². The fourth-order valence-corrected chi connectivity index (χ4v) is 2.80. The molecule has 3 aromatic rings. The van der Waals surface area contributed by atoms with E-state index in [4.69, 9.17) is 0 Å². The van der Waals surface area contributed by atoms with Crippen molar-refractivity contribution in [1.29, 1.82) is 0 Å². The fraction of sp³-hybridized carbons (Fsp3) is 0.250. The van der Waals surface area contributed by atoms with Crippen LogP contribution in [0.15, 0.2) is 35.7 Å². The van der Waals surface area contributed by atoms with Gasteiger partial charge in [0.25, 0.3) is 0 Å². The van der Waals surface area contributed by atoms with E-state index in [0.717, 1.165) is 34.7 Å². The minimum absolute atomic E-state index is 0.682. The lowest BCUT2D eigenvalue weighted by molar-refractivity contribution is 0.958. The van der Waals surface area contributed by atoms with Gasteiger partial charge in [-0.2, -0.15) is 4.98 Å². The Kier molecular flexibility index (Phi) is 4.01. The van der Waals surface area contributed by atoms with Gasteiger partial charge in [-0.1, -0.05) is 24.6 Å². The molecule has 4 nitrogen and oxygen atoms in total. The average molecular weight is 298 g/mol. The van der Waals surface area contributed by atoms with E-state index in [1.54, 1.807) is 11.3 Å². The van der Waals surface area contributed by atoms with Gasteiger partial charge in [0.15, 0.2) is 0 Å². The van der Waals surface area contributed by atoms with Crippen LogP contribution < -0.4 is 10.6 Å². The summed E-state index contributed by atoms with van der Waals surface area (Å²) in [6.45, 7) is 5.08. The van der Waals surface area contributed by atoms with E-state index < -0.39 is 0 Å². The monoisotopic (exact) mass is 298 g/mol. The Morgan fingerprint density at radius 2 is 1.90 bits per heavy atom. The van der Waals surface area contributed by atoms with Gasteiger partial charge < -0.3 is 10.6 Å². The van der Waals surface area contributed by atoms with Crippen molar-refractivity contribution in [3.63, 3.8) is 0 Å². The lowest BCUT2D eigenvalue weighted by Crippen LogP contribution is -2.06. The Bertz CT molecular complexity index is 734.